The van der Waals surface area contributed by atoms with E-state index < -0.39 is 4.92 Å². The summed E-state index contributed by atoms with van der Waals surface area (Å²) in [4.78, 5) is 26.3. The fraction of sp³-hybridized carbons (Fsp3) is 0.650. The van der Waals surface area contributed by atoms with Gasteiger partial charge in [0.2, 0.25) is 0 Å². The summed E-state index contributed by atoms with van der Waals surface area (Å²) in [5.74, 6) is -0.0121. The van der Waals surface area contributed by atoms with Crippen molar-refractivity contribution in [1.29, 1.82) is 0 Å². The number of amides is 1. The molecule has 0 bridgehead atoms. The molecule has 2 aliphatic rings. The van der Waals surface area contributed by atoms with E-state index in [2.05, 4.69) is 4.90 Å². The second-order valence-electron chi connectivity index (χ2n) is 7.55. The molecule has 2 saturated carbocycles. The summed E-state index contributed by atoms with van der Waals surface area (Å²) in [5.41, 5.74) is 1.11. The van der Waals surface area contributed by atoms with Gasteiger partial charge in [-0.3, -0.25) is 14.9 Å². The molecular weight excluding hydrogens is 316 g/mol. The van der Waals surface area contributed by atoms with Crippen molar-refractivity contribution in [2.24, 2.45) is 0 Å². The molecule has 1 aromatic carbocycles. The predicted octanol–water partition coefficient (Wildman–Crippen LogP) is 5.01. The van der Waals surface area contributed by atoms with Gasteiger partial charge in [-0.05, 0) is 38.7 Å². The maximum absolute atomic E-state index is 13.3. The molecular formula is C20H28N2O3. The zero-order valence-corrected chi connectivity index (χ0v) is 15.1. The third kappa shape index (κ3) is 4.02. The first-order valence-corrected chi connectivity index (χ1v) is 9.65. The van der Waals surface area contributed by atoms with Gasteiger partial charge in [-0.25, -0.2) is 0 Å². The Bertz CT molecular complexity index is 614. The third-order valence-electron chi connectivity index (χ3n) is 5.82. The van der Waals surface area contributed by atoms with E-state index in [9.17, 15) is 14.9 Å². The fourth-order valence-electron chi connectivity index (χ4n) is 4.44. The molecule has 25 heavy (non-hydrogen) atoms. The van der Waals surface area contributed by atoms with Gasteiger partial charge in [0.05, 0.1) is 4.92 Å². The summed E-state index contributed by atoms with van der Waals surface area (Å²) < 4.78 is 0. The monoisotopic (exact) mass is 344 g/mol. The standard InChI is InChI=1S/C20H28N2O3/c1-15-12-13-16(14-19(15)22(24)25)20(23)21(17-8-4-2-5-9-17)18-10-6-3-7-11-18/h12-14,17-18H,2-11H2,1H3. The number of carbonyl (C=O) groups is 1. The summed E-state index contributed by atoms with van der Waals surface area (Å²) in [6, 6.07) is 5.51. The minimum Gasteiger partial charge on any atom is -0.333 e. The average molecular weight is 344 g/mol. The number of carbonyl (C=O) groups excluding carboxylic acids is 1. The Morgan fingerprint density at radius 2 is 1.52 bits per heavy atom. The minimum absolute atomic E-state index is 0.0121. The largest absolute Gasteiger partial charge is 0.333 e. The van der Waals surface area contributed by atoms with Crippen molar-refractivity contribution in [1.82, 2.24) is 4.90 Å². The Morgan fingerprint density at radius 3 is 2.00 bits per heavy atom. The Kier molecular flexibility index (Phi) is 5.71. The molecule has 0 N–H and O–H groups in total. The highest BCUT2D eigenvalue weighted by Gasteiger charge is 2.33. The molecule has 3 rings (SSSR count). The lowest BCUT2D eigenvalue weighted by molar-refractivity contribution is -0.385. The quantitative estimate of drug-likeness (QED) is 0.569. The van der Waals surface area contributed by atoms with Crippen LogP contribution in [0.4, 0.5) is 5.69 Å². The van der Waals surface area contributed by atoms with E-state index in [-0.39, 0.29) is 11.6 Å². The highest BCUT2D eigenvalue weighted by atomic mass is 16.6. The molecule has 0 aromatic heterocycles. The van der Waals surface area contributed by atoms with Crippen molar-refractivity contribution >= 4 is 11.6 Å². The van der Waals surface area contributed by atoms with E-state index >= 15 is 0 Å². The first-order chi connectivity index (χ1) is 12.1. The Morgan fingerprint density at radius 1 is 1.00 bits per heavy atom. The van der Waals surface area contributed by atoms with Crippen LogP contribution in [0.1, 0.15) is 80.1 Å². The second-order valence-corrected chi connectivity index (χ2v) is 7.55. The zero-order valence-electron chi connectivity index (χ0n) is 15.1. The van der Waals surface area contributed by atoms with Crippen LogP contribution >= 0.6 is 0 Å². The topological polar surface area (TPSA) is 63.5 Å². The second kappa shape index (κ2) is 7.98. The van der Waals surface area contributed by atoms with E-state index in [4.69, 9.17) is 0 Å². The van der Waals surface area contributed by atoms with Crippen molar-refractivity contribution in [2.75, 3.05) is 0 Å². The van der Waals surface area contributed by atoms with Crippen LogP contribution in [0.15, 0.2) is 18.2 Å². The smallest absolute Gasteiger partial charge is 0.273 e. The Labute approximate surface area is 149 Å². The number of nitro benzene ring substituents is 1. The van der Waals surface area contributed by atoms with Gasteiger partial charge in [0.15, 0.2) is 0 Å². The van der Waals surface area contributed by atoms with Crippen LogP contribution in [0.2, 0.25) is 0 Å². The van der Waals surface area contributed by atoms with Crippen molar-refractivity contribution in [2.45, 2.75) is 83.2 Å². The molecule has 0 radical (unpaired) electrons. The first kappa shape index (κ1) is 17.9. The minimum atomic E-state index is -0.391. The maximum Gasteiger partial charge on any atom is 0.273 e. The molecule has 0 heterocycles. The number of benzene rings is 1. The number of hydrogen-bond donors (Lipinski definition) is 0. The number of aryl methyl sites for hydroxylation is 1. The molecule has 0 unspecified atom stereocenters. The lowest BCUT2D eigenvalue weighted by atomic mass is 9.88. The summed E-state index contributed by atoms with van der Waals surface area (Å²) >= 11 is 0. The summed E-state index contributed by atoms with van der Waals surface area (Å²) in [5, 5.41) is 11.3. The molecule has 0 saturated heterocycles. The lowest BCUT2D eigenvalue weighted by Crippen LogP contribution is -2.48. The van der Waals surface area contributed by atoms with E-state index in [1.165, 1.54) is 44.6 Å². The molecule has 0 atom stereocenters. The molecule has 5 nitrogen and oxygen atoms in total. The number of rotatable bonds is 4. The highest BCUT2D eigenvalue weighted by molar-refractivity contribution is 5.95. The van der Waals surface area contributed by atoms with E-state index in [1.54, 1.807) is 19.1 Å². The van der Waals surface area contributed by atoms with Gasteiger partial charge < -0.3 is 4.90 Å². The van der Waals surface area contributed by atoms with Gasteiger partial charge in [-0.2, -0.15) is 0 Å². The molecule has 2 fully saturated rings. The van der Waals surface area contributed by atoms with E-state index in [0.29, 0.717) is 23.2 Å². The third-order valence-corrected chi connectivity index (χ3v) is 5.82. The van der Waals surface area contributed by atoms with Crippen molar-refractivity contribution < 1.29 is 9.72 Å². The normalized spacial score (nSPS) is 19.6. The van der Waals surface area contributed by atoms with Crippen molar-refractivity contribution in [3.05, 3.63) is 39.4 Å². The van der Waals surface area contributed by atoms with Crippen LogP contribution in [-0.4, -0.2) is 27.8 Å². The van der Waals surface area contributed by atoms with Gasteiger partial charge in [0, 0.05) is 29.3 Å². The molecule has 136 valence electrons. The van der Waals surface area contributed by atoms with Crippen LogP contribution < -0.4 is 0 Å². The van der Waals surface area contributed by atoms with Crippen LogP contribution in [0.5, 0.6) is 0 Å². The van der Waals surface area contributed by atoms with Gasteiger partial charge in [0.25, 0.3) is 11.6 Å². The molecule has 1 amide bonds. The zero-order chi connectivity index (χ0) is 17.8. The first-order valence-electron chi connectivity index (χ1n) is 9.65. The van der Waals surface area contributed by atoms with Gasteiger partial charge in [-0.15, -0.1) is 0 Å². The maximum atomic E-state index is 13.3. The average Bonchev–Trinajstić information content (AvgIpc) is 2.64. The van der Waals surface area contributed by atoms with Gasteiger partial charge >= 0.3 is 0 Å². The van der Waals surface area contributed by atoms with Gasteiger partial charge in [-0.1, -0.05) is 44.6 Å². The summed E-state index contributed by atoms with van der Waals surface area (Å²) in [6.07, 6.45) is 11.5. The fourth-order valence-corrected chi connectivity index (χ4v) is 4.44. The predicted molar refractivity (Wildman–Crippen MR) is 97.7 cm³/mol. The summed E-state index contributed by atoms with van der Waals surface area (Å²) in [6.45, 7) is 1.71. The molecule has 0 spiro atoms. The van der Waals surface area contributed by atoms with Crippen molar-refractivity contribution in [3.63, 3.8) is 0 Å². The SMILES string of the molecule is Cc1ccc(C(=O)N(C2CCCCC2)C2CCCCC2)cc1[N+](=O)[O-]. The van der Waals surface area contributed by atoms with Crippen LogP contribution in [-0.2, 0) is 0 Å². The molecule has 2 aliphatic carbocycles. The number of nitro groups is 1. The van der Waals surface area contributed by atoms with E-state index in [0.717, 1.165) is 25.7 Å². The lowest BCUT2D eigenvalue weighted by Gasteiger charge is -2.41. The highest BCUT2D eigenvalue weighted by Crippen LogP contribution is 2.32. The Balaban J connectivity index is 1.90. The van der Waals surface area contributed by atoms with Gasteiger partial charge in [0.1, 0.15) is 0 Å². The number of nitrogens with zero attached hydrogens (tertiary/aromatic N) is 2. The van der Waals surface area contributed by atoms with Crippen LogP contribution in [0, 0.1) is 17.0 Å². The Hall–Kier alpha value is -1.91. The van der Waals surface area contributed by atoms with E-state index in [1.807, 2.05) is 0 Å². The summed E-state index contributed by atoms with van der Waals surface area (Å²) in [7, 11) is 0. The number of hydrogen-bond acceptors (Lipinski definition) is 3. The molecule has 0 aliphatic heterocycles. The molecule has 5 heteroatoms. The molecule has 1 aromatic rings. The van der Waals surface area contributed by atoms with Crippen molar-refractivity contribution in [3.8, 4) is 0 Å². The van der Waals surface area contributed by atoms with Crippen LogP contribution in [0.3, 0.4) is 0 Å². The van der Waals surface area contributed by atoms with Crippen LogP contribution in [0.25, 0.3) is 0 Å².